The molecule has 2 aliphatic rings. The van der Waals surface area contributed by atoms with Gasteiger partial charge in [0.25, 0.3) is 0 Å². The van der Waals surface area contributed by atoms with Crippen molar-refractivity contribution in [2.75, 3.05) is 6.61 Å². The van der Waals surface area contributed by atoms with Gasteiger partial charge in [-0.2, -0.15) is 0 Å². The third-order valence-corrected chi connectivity index (χ3v) is 10.8. The topological polar surface area (TPSA) is 115 Å². The number of para-hydroxylation sites is 2. The van der Waals surface area contributed by atoms with E-state index < -0.39 is 10.8 Å². The number of nitrogens with one attached hydrogen (secondary N) is 1. The summed E-state index contributed by atoms with van der Waals surface area (Å²) in [6.07, 6.45) is 5.53. The van der Waals surface area contributed by atoms with E-state index in [1.165, 1.54) is 6.42 Å². The summed E-state index contributed by atoms with van der Waals surface area (Å²) < 4.78 is 8.83. The zero-order chi connectivity index (χ0) is 30.8. The third-order valence-electron chi connectivity index (χ3n) is 8.38. The summed E-state index contributed by atoms with van der Waals surface area (Å²) in [6, 6.07) is 8.56. The van der Waals surface area contributed by atoms with Gasteiger partial charge in [-0.3, -0.25) is 0 Å². The number of benzene rings is 1. The van der Waals surface area contributed by atoms with Crippen molar-refractivity contribution in [2.45, 2.75) is 91.3 Å². The van der Waals surface area contributed by atoms with Crippen molar-refractivity contribution in [1.29, 1.82) is 0 Å². The van der Waals surface area contributed by atoms with Crippen molar-refractivity contribution < 1.29 is 17.5 Å². The van der Waals surface area contributed by atoms with E-state index in [1.54, 1.807) is 23.0 Å². The third kappa shape index (κ3) is 7.74. The van der Waals surface area contributed by atoms with Gasteiger partial charge in [-0.25, -0.2) is 0 Å². The van der Waals surface area contributed by atoms with Crippen molar-refractivity contribution in [2.24, 2.45) is 21.9 Å². The predicted molar refractivity (Wildman–Crippen MR) is 171 cm³/mol. The number of hydrogen-bond acceptors (Lipinski definition) is 8. The number of oxime groups is 1. The molecule has 1 aromatic heterocycles. The van der Waals surface area contributed by atoms with E-state index in [1.807, 2.05) is 64.0 Å². The molecule has 2 bridgehead atoms. The molecule has 2 aliphatic heterocycles. The normalized spacial score (nSPS) is 21.9. The second-order valence-corrected chi connectivity index (χ2v) is 26.7. The first-order valence-corrected chi connectivity index (χ1v) is 19.3. The van der Waals surface area contributed by atoms with E-state index in [-0.39, 0.29) is 41.7 Å². The SMILES string of the molecule is CC(CO/N=C(/c1nc2ccccc2n(C2CC3CCCC(C2)N3)c1=O)C(C)(C)CC(C)(C)C(=O)OI)C(=O)[N]([Tl])[Tl]. The van der Waals surface area contributed by atoms with Crippen LogP contribution in [0.3, 0.4) is 0 Å². The van der Waals surface area contributed by atoms with Crippen LogP contribution in [0.15, 0.2) is 34.2 Å². The Labute approximate surface area is 294 Å². The van der Waals surface area contributed by atoms with Gasteiger partial charge >= 0.3 is 231 Å². The van der Waals surface area contributed by atoms with Gasteiger partial charge in [-0.15, -0.1) is 0 Å². The molecule has 222 valence electrons. The minimum atomic E-state index is -0.862. The Morgan fingerprint density at radius 3 is 2.43 bits per heavy atom. The molecule has 0 saturated carbocycles. The molecule has 13 heteroatoms. The van der Waals surface area contributed by atoms with Crippen LogP contribution in [-0.4, -0.2) is 98.5 Å². The second-order valence-electron chi connectivity index (χ2n) is 12.9. The van der Waals surface area contributed by atoms with Crippen molar-refractivity contribution in [3.8, 4) is 0 Å². The second kappa shape index (κ2) is 14.2. The Hall–Kier alpha value is -0.696. The van der Waals surface area contributed by atoms with Crippen molar-refractivity contribution in [1.82, 2.24) is 15.4 Å². The van der Waals surface area contributed by atoms with Crippen LogP contribution in [0, 0.1) is 16.7 Å². The van der Waals surface area contributed by atoms with E-state index in [0.29, 0.717) is 81.9 Å². The molecule has 1 aromatic carbocycles. The van der Waals surface area contributed by atoms with Crippen LogP contribution in [-0.2, 0) is 17.5 Å². The molecule has 2 saturated heterocycles. The molecular weight excluding hydrogens is 1030 g/mol. The summed E-state index contributed by atoms with van der Waals surface area (Å²) in [4.78, 5) is 50.5. The fourth-order valence-electron chi connectivity index (χ4n) is 6.51. The molecule has 3 heterocycles. The van der Waals surface area contributed by atoms with Crippen molar-refractivity contribution >= 4 is 104 Å². The first kappa shape index (κ1) is 34.2. The maximum absolute atomic E-state index is 14.5. The number of nitrogens with zero attached hydrogens (tertiary/aromatic N) is 4. The first-order valence-electron chi connectivity index (χ1n) is 14.4. The van der Waals surface area contributed by atoms with Crippen molar-refractivity contribution in [3.05, 3.63) is 40.3 Å². The average Bonchev–Trinajstić information content (AvgIpc) is 2.93. The van der Waals surface area contributed by atoms with Crippen LogP contribution in [0.5, 0.6) is 0 Å². The van der Waals surface area contributed by atoms with Gasteiger partial charge in [0.05, 0.1) is 0 Å². The zero-order valence-electron chi connectivity index (χ0n) is 24.9. The Bertz CT molecular complexity index is 1400. The minimum absolute atomic E-state index is 0.0316. The summed E-state index contributed by atoms with van der Waals surface area (Å²) in [5, 5.41) is 8.29. The molecule has 10 nitrogen and oxygen atoms in total. The summed E-state index contributed by atoms with van der Waals surface area (Å²) in [7, 11) is 0. The number of carbonyl (C=O) groups is 2. The fraction of sp³-hybridized carbons (Fsp3) is 0.621. The van der Waals surface area contributed by atoms with E-state index in [0.717, 1.165) is 31.2 Å². The van der Waals surface area contributed by atoms with E-state index >= 15 is 0 Å². The van der Waals surface area contributed by atoms with Crippen LogP contribution < -0.4 is 10.9 Å². The quantitative estimate of drug-likeness (QED) is 0.166. The molecule has 3 atom stereocenters. The maximum atomic E-state index is 14.5. The van der Waals surface area contributed by atoms with Crippen LogP contribution >= 0.6 is 23.0 Å². The number of carbonyl (C=O) groups excluding carboxylic acids is 2. The molecule has 0 radical (unpaired) electrons. The summed E-state index contributed by atoms with van der Waals surface area (Å²) in [6.45, 7) is 9.45. The summed E-state index contributed by atoms with van der Waals surface area (Å²) in [5.74, 6) is -0.648. The van der Waals surface area contributed by atoms with Crippen LogP contribution in [0.25, 0.3) is 11.0 Å². The molecule has 42 heavy (non-hydrogen) atoms. The number of piperidine rings is 2. The van der Waals surface area contributed by atoms with Gasteiger partial charge in [-0.05, 0) is 12.8 Å². The number of halogens is 1. The number of amides is 1. The van der Waals surface area contributed by atoms with E-state index in [9.17, 15) is 14.4 Å². The number of aromatic nitrogens is 2. The fourth-order valence-corrected chi connectivity index (χ4v) is 9.08. The van der Waals surface area contributed by atoms with Gasteiger partial charge in [-0.1, -0.05) is 12.5 Å². The molecular formula is C29H38IN5O5Tl2. The molecule has 0 spiro atoms. The summed E-state index contributed by atoms with van der Waals surface area (Å²) in [5.41, 5.74) is 0.228. The zero-order valence-corrected chi connectivity index (χ0v) is 36.1. The Morgan fingerprint density at radius 2 is 1.81 bits per heavy atom. The van der Waals surface area contributed by atoms with E-state index in [4.69, 9.17) is 12.9 Å². The Balaban J connectivity index is 1.84. The van der Waals surface area contributed by atoms with Crippen LogP contribution in [0.4, 0.5) is 0 Å². The van der Waals surface area contributed by atoms with Gasteiger partial charge in [0, 0.05) is 12.1 Å². The Kier molecular flexibility index (Phi) is 11.5. The molecule has 1 amide bonds. The van der Waals surface area contributed by atoms with E-state index in [2.05, 4.69) is 10.5 Å². The molecule has 3 unspecified atom stereocenters. The number of hydrogen-bond donors (Lipinski definition) is 1. The molecule has 0 aliphatic carbocycles. The molecule has 2 fully saturated rings. The first-order chi connectivity index (χ1) is 19.7. The number of fused-ring (bicyclic) bond motifs is 3. The standard InChI is InChI=1S/C29H38IN5O5.2Tl/c1-17(25(31)36)15-39-34-24(28(2,3)16-29(4,5)27(38)40-30)23-26(37)35(22-12-7-6-11-21(22)33-23)20-13-18-9-8-10-19(14-20)32-18;;/h6-7,11-12,17-20,32H,8-10,13-16H2,1-5H3;;/b34-24-;;. The summed E-state index contributed by atoms with van der Waals surface area (Å²) >= 11 is 2.53. The molecule has 1 N–H and O–H groups in total. The van der Waals surface area contributed by atoms with Gasteiger partial charge < -0.3 is 5.32 Å². The Morgan fingerprint density at radius 1 is 1.17 bits per heavy atom. The van der Waals surface area contributed by atoms with Crippen LogP contribution in [0.1, 0.15) is 84.9 Å². The predicted octanol–water partition coefficient (Wildman–Crippen LogP) is 3.93. The van der Waals surface area contributed by atoms with Crippen LogP contribution in [0.2, 0.25) is 0 Å². The monoisotopic (exact) mass is 1070 g/mol. The molecule has 4 rings (SSSR count). The van der Waals surface area contributed by atoms with Gasteiger partial charge in [0.2, 0.25) is 0 Å². The average molecular weight is 1070 g/mol. The van der Waals surface area contributed by atoms with Gasteiger partial charge in [0.15, 0.2) is 23.0 Å². The van der Waals surface area contributed by atoms with Gasteiger partial charge in [0.1, 0.15) is 0 Å². The van der Waals surface area contributed by atoms with Crippen molar-refractivity contribution in [3.63, 3.8) is 0 Å². The molecule has 2 aromatic rings. The number of rotatable bonds is 10.